The van der Waals surface area contributed by atoms with Crippen LogP contribution >= 0.6 is 0 Å². The smallest absolute Gasteiger partial charge is 0.325 e. The van der Waals surface area contributed by atoms with Crippen LogP contribution < -0.4 is 10.1 Å². The van der Waals surface area contributed by atoms with Crippen LogP contribution in [0, 0.1) is 0 Å². The summed E-state index contributed by atoms with van der Waals surface area (Å²) >= 11 is 0. The number of aliphatic hydroxyl groups is 1. The highest BCUT2D eigenvalue weighted by Gasteiger charge is 2.44. The molecule has 24 heavy (non-hydrogen) atoms. The summed E-state index contributed by atoms with van der Waals surface area (Å²) in [5, 5.41) is 12.8. The predicted molar refractivity (Wildman–Crippen MR) is 91.0 cm³/mol. The van der Waals surface area contributed by atoms with E-state index in [1.54, 1.807) is 13.8 Å². The topological polar surface area (TPSA) is 78.9 Å². The number of amides is 3. The lowest BCUT2D eigenvalue weighted by molar-refractivity contribution is -0.131. The molecule has 0 unspecified atom stereocenters. The molecule has 132 valence electrons. The lowest BCUT2D eigenvalue weighted by Gasteiger charge is -2.24. The molecule has 0 saturated carbocycles. The van der Waals surface area contributed by atoms with Crippen LogP contribution in [0.2, 0.25) is 0 Å². The summed E-state index contributed by atoms with van der Waals surface area (Å²) in [7, 11) is 0. The lowest BCUT2D eigenvalue weighted by Crippen LogP contribution is -2.42. The molecule has 1 aromatic carbocycles. The van der Waals surface area contributed by atoms with Crippen LogP contribution in [0.3, 0.4) is 0 Å². The largest absolute Gasteiger partial charge is 0.491 e. The minimum Gasteiger partial charge on any atom is -0.491 e. The first kappa shape index (κ1) is 18.3. The van der Waals surface area contributed by atoms with Crippen molar-refractivity contribution >= 4 is 11.9 Å². The number of ether oxygens (including phenoxy) is 1. The number of hydrogen-bond acceptors (Lipinski definition) is 4. The number of nitrogens with one attached hydrogen (secondary N) is 1. The number of nitrogens with zero attached hydrogens (tertiary/aromatic N) is 1. The molecule has 1 atom stereocenters. The summed E-state index contributed by atoms with van der Waals surface area (Å²) in [6, 6.07) is 7.17. The Morgan fingerprint density at radius 3 is 2.42 bits per heavy atom. The summed E-state index contributed by atoms with van der Waals surface area (Å²) in [5.74, 6) is 0.350. The van der Waals surface area contributed by atoms with E-state index in [1.165, 1.54) is 0 Å². The number of benzene rings is 1. The molecule has 1 aliphatic rings. The van der Waals surface area contributed by atoms with Crippen molar-refractivity contribution in [2.24, 2.45) is 0 Å². The third-order valence-electron chi connectivity index (χ3n) is 3.96. The number of hydrogen-bond donors (Lipinski definition) is 2. The van der Waals surface area contributed by atoms with Crippen LogP contribution in [-0.4, -0.2) is 46.7 Å². The molecule has 1 aliphatic heterocycles. The number of para-hydroxylation sites is 1. The number of rotatable bonds is 5. The Bertz CT molecular complexity index is 634. The maximum atomic E-state index is 12.1. The molecule has 1 saturated heterocycles. The van der Waals surface area contributed by atoms with Gasteiger partial charge in [-0.3, -0.25) is 9.69 Å². The second kappa shape index (κ2) is 6.43. The SMILES string of the molecule is CC1(C)NC(=O)N(C[C@H](O)COc2ccccc2C(C)(C)C)C1=O. The van der Waals surface area contributed by atoms with E-state index in [9.17, 15) is 14.7 Å². The normalized spacial score (nSPS) is 18.5. The average Bonchev–Trinajstić information content (AvgIpc) is 2.66. The van der Waals surface area contributed by atoms with Crippen LogP contribution in [0.4, 0.5) is 4.79 Å². The number of imide groups is 1. The van der Waals surface area contributed by atoms with Crippen LogP contribution in [0.25, 0.3) is 0 Å². The van der Waals surface area contributed by atoms with Crippen molar-refractivity contribution in [2.75, 3.05) is 13.2 Å². The summed E-state index contributed by atoms with van der Waals surface area (Å²) in [6.07, 6.45) is -0.957. The van der Waals surface area contributed by atoms with E-state index >= 15 is 0 Å². The molecule has 6 nitrogen and oxygen atoms in total. The summed E-state index contributed by atoms with van der Waals surface area (Å²) in [4.78, 5) is 25.0. The molecule has 2 N–H and O–H groups in total. The Kier molecular flexibility index (Phi) is 4.90. The molecule has 1 aromatic rings. The van der Waals surface area contributed by atoms with Crippen molar-refractivity contribution in [2.45, 2.75) is 51.7 Å². The number of urea groups is 1. The molecule has 3 amide bonds. The Labute approximate surface area is 142 Å². The van der Waals surface area contributed by atoms with Gasteiger partial charge in [0.1, 0.15) is 24.0 Å². The second-order valence-corrected chi connectivity index (χ2v) is 7.68. The predicted octanol–water partition coefficient (Wildman–Crippen LogP) is 2.05. The third kappa shape index (κ3) is 3.87. The number of aliphatic hydroxyl groups excluding tert-OH is 1. The second-order valence-electron chi connectivity index (χ2n) is 7.68. The molecule has 0 aromatic heterocycles. The minimum atomic E-state index is -0.957. The molecule has 0 spiro atoms. The monoisotopic (exact) mass is 334 g/mol. The van der Waals surface area contributed by atoms with E-state index in [1.807, 2.05) is 24.3 Å². The summed E-state index contributed by atoms with van der Waals surface area (Å²) in [6.45, 7) is 9.44. The fraction of sp³-hybridized carbons (Fsp3) is 0.556. The van der Waals surface area contributed by atoms with Crippen molar-refractivity contribution < 1.29 is 19.4 Å². The van der Waals surface area contributed by atoms with E-state index in [4.69, 9.17) is 4.74 Å². The van der Waals surface area contributed by atoms with Gasteiger partial charge < -0.3 is 15.2 Å². The van der Waals surface area contributed by atoms with E-state index in [-0.39, 0.29) is 24.5 Å². The van der Waals surface area contributed by atoms with E-state index < -0.39 is 17.7 Å². The van der Waals surface area contributed by atoms with Gasteiger partial charge in [0.15, 0.2) is 0 Å². The molecule has 0 bridgehead atoms. The van der Waals surface area contributed by atoms with Gasteiger partial charge >= 0.3 is 6.03 Å². The van der Waals surface area contributed by atoms with Gasteiger partial charge in [0.25, 0.3) is 5.91 Å². The molecular formula is C18H26N2O4. The van der Waals surface area contributed by atoms with E-state index in [2.05, 4.69) is 26.1 Å². The van der Waals surface area contributed by atoms with Crippen LogP contribution in [-0.2, 0) is 10.2 Å². The number of β-amino-alcohol motifs (C(OH)–C–C–N with tert-alkyl or cyclic N) is 1. The van der Waals surface area contributed by atoms with Gasteiger partial charge in [-0.15, -0.1) is 0 Å². The third-order valence-corrected chi connectivity index (χ3v) is 3.96. The molecule has 2 rings (SSSR count). The van der Waals surface area contributed by atoms with Crippen LogP contribution in [0.15, 0.2) is 24.3 Å². The number of carbonyl (C=O) groups is 2. The van der Waals surface area contributed by atoms with Crippen molar-refractivity contribution in [1.29, 1.82) is 0 Å². The van der Waals surface area contributed by atoms with Crippen molar-refractivity contribution in [3.63, 3.8) is 0 Å². The quantitative estimate of drug-likeness (QED) is 0.808. The average molecular weight is 334 g/mol. The van der Waals surface area contributed by atoms with Crippen molar-refractivity contribution in [3.8, 4) is 5.75 Å². The lowest BCUT2D eigenvalue weighted by atomic mass is 9.86. The Hall–Kier alpha value is -2.08. The first-order chi connectivity index (χ1) is 11.0. The first-order valence-electron chi connectivity index (χ1n) is 8.07. The van der Waals surface area contributed by atoms with Gasteiger partial charge in [-0.2, -0.15) is 0 Å². The van der Waals surface area contributed by atoms with Gasteiger partial charge in [-0.25, -0.2) is 4.79 Å². The maximum absolute atomic E-state index is 12.1. The Morgan fingerprint density at radius 1 is 1.25 bits per heavy atom. The highest BCUT2D eigenvalue weighted by molar-refractivity contribution is 6.06. The van der Waals surface area contributed by atoms with Gasteiger partial charge in [0.05, 0.1) is 6.54 Å². The minimum absolute atomic E-state index is 0.00455. The molecule has 1 fully saturated rings. The fourth-order valence-corrected chi connectivity index (χ4v) is 2.65. The zero-order chi connectivity index (χ0) is 18.1. The summed E-state index contributed by atoms with van der Waals surface area (Å²) in [5.41, 5.74) is 0.0145. The molecule has 0 radical (unpaired) electrons. The molecular weight excluding hydrogens is 308 g/mol. The van der Waals surface area contributed by atoms with Crippen molar-refractivity contribution in [1.82, 2.24) is 10.2 Å². The van der Waals surface area contributed by atoms with Gasteiger partial charge in [0, 0.05) is 0 Å². The molecule has 6 heteroatoms. The standard InChI is InChI=1S/C18H26N2O4/c1-17(2,3)13-8-6-7-9-14(13)24-11-12(21)10-20-15(22)18(4,5)19-16(20)23/h6-9,12,21H,10-11H2,1-5H3,(H,19,23)/t12-/m0/s1. The Morgan fingerprint density at radius 2 is 1.88 bits per heavy atom. The van der Waals surface area contributed by atoms with Gasteiger partial charge in [-0.05, 0) is 30.9 Å². The first-order valence-corrected chi connectivity index (χ1v) is 8.07. The van der Waals surface area contributed by atoms with E-state index in [0.29, 0.717) is 5.75 Å². The molecule has 1 heterocycles. The molecule has 0 aliphatic carbocycles. The maximum Gasteiger partial charge on any atom is 0.325 e. The number of carbonyl (C=O) groups excluding carboxylic acids is 2. The highest BCUT2D eigenvalue weighted by Crippen LogP contribution is 2.31. The summed E-state index contributed by atoms with van der Waals surface area (Å²) < 4.78 is 5.74. The van der Waals surface area contributed by atoms with Crippen LogP contribution in [0.5, 0.6) is 5.75 Å². The van der Waals surface area contributed by atoms with Gasteiger partial charge in [-0.1, -0.05) is 39.0 Å². The van der Waals surface area contributed by atoms with Gasteiger partial charge in [0.2, 0.25) is 0 Å². The van der Waals surface area contributed by atoms with Crippen molar-refractivity contribution in [3.05, 3.63) is 29.8 Å². The van der Waals surface area contributed by atoms with Crippen LogP contribution in [0.1, 0.15) is 40.2 Å². The zero-order valence-corrected chi connectivity index (χ0v) is 14.9. The Balaban J connectivity index is 1.99. The zero-order valence-electron chi connectivity index (χ0n) is 14.9. The van der Waals surface area contributed by atoms with E-state index in [0.717, 1.165) is 10.5 Å². The highest BCUT2D eigenvalue weighted by atomic mass is 16.5. The fourth-order valence-electron chi connectivity index (χ4n) is 2.65.